The fraction of sp³-hybridized carbons (Fsp3) is 0.391. The molecule has 160 valence electrons. The first-order valence-electron chi connectivity index (χ1n) is 10.4. The second-order valence-corrected chi connectivity index (χ2v) is 8.73. The van der Waals surface area contributed by atoms with Crippen molar-refractivity contribution < 1.29 is 9.59 Å². The molecule has 1 N–H and O–H groups in total. The van der Waals surface area contributed by atoms with Crippen LogP contribution in [-0.2, 0) is 9.59 Å². The highest BCUT2D eigenvalue weighted by molar-refractivity contribution is 7.99. The molecule has 0 radical (unpaired) electrons. The monoisotopic (exact) mass is 445 g/mol. The van der Waals surface area contributed by atoms with Crippen molar-refractivity contribution in [1.82, 2.24) is 10.2 Å². The van der Waals surface area contributed by atoms with Gasteiger partial charge < -0.3 is 15.1 Å². The van der Waals surface area contributed by atoms with E-state index in [1.807, 2.05) is 47.4 Å². The van der Waals surface area contributed by atoms with E-state index in [1.54, 1.807) is 11.8 Å². The van der Waals surface area contributed by atoms with Gasteiger partial charge in [0.05, 0.1) is 5.02 Å². The molecule has 1 aliphatic heterocycles. The van der Waals surface area contributed by atoms with E-state index in [0.717, 1.165) is 31.1 Å². The zero-order chi connectivity index (χ0) is 21.2. The molecule has 1 fully saturated rings. The minimum atomic E-state index is 0.0125. The number of carbonyl (C=O) groups excluding carboxylic acids is 2. The Morgan fingerprint density at radius 2 is 1.63 bits per heavy atom. The molecule has 0 spiro atoms. The largest absolute Gasteiger partial charge is 0.368 e. The maximum absolute atomic E-state index is 12.4. The van der Waals surface area contributed by atoms with Crippen molar-refractivity contribution >= 4 is 40.9 Å². The highest BCUT2D eigenvalue weighted by atomic mass is 35.5. The van der Waals surface area contributed by atoms with Crippen LogP contribution in [0.1, 0.15) is 19.3 Å². The van der Waals surface area contributed by atoms with E-state index in [2.05, 4.69) is 22.3 Å². The van der Waals surface area contributed by atoms with Crippen LogP contribution in [0.15, 0.2) is 59.5 Å². The van der Waals surface area contributed by atoms with Gasteiger partial charge in [0.25, 0.3) is 0 Å². The molecule has 0 bridgehead atoms. The summed E-state index contributed by atoms with van der Waals surface area (Å²) in [5.74, 6) is 0.866. The first-order chi connectivity index (χ1) is 14.6. The number of benzene rings is 2. The normalized spacial score (nSPS) is 13.9. The molecule has 1 aliphatic rings. The Morgan fingerprint density at radius 1 is 0.933 bits per heavy atom. The van der Waals surface area contributed by atoms with E-state index in [4.69, 9.17) is 11.6 Å². The average molecular weight is 446 g/mol. The van der Waals surface area contributed by atoms with E-state index in [0.29, 0.717) is 36.6 Å². The van der Waals surface area contributed by atoms with E-state index < -0.39 is 0 Å². The zero-order valence-corrected chi connectivity index (χ0v) is 18.6. The molecule has 30 heavy (non-hydrogen) atoms. The second-order valence-electron chi connectivity index (χ2n) is 7.19. The van der Waals surface area contributed by atoms with Gasteiger partial charge in [-0.3, -0.25) is 9.59 Å². The number of nitrogens with zero attached hydrogens (tertiary/aromatic N) is 2. The molecule has 2 aromatic carbocycles. The summed E-state index contributed by atoms with van der Waals surface area (Å²) >= 11 is 7.69. The Kier molecular flexibility index (Phi) is 8.90. The van der Waals surface area contributed by atoms with E-state index >= 15 is 0 Å². The molecule has 0 unspecified atom stereocenters. The third-order valence-corrected chi connectivity index (χ3v) is 6.58. The van der Waals surface area contributed by atoms with Crippen molar-refractivity contribution in [2.45, 2.75) is 24.2 Å². The number of hydrogen-bond acceptors (Lipinski definition) is 4. The Bertz CT molecular complexity index is 826. The molecule has 1 heterocycles. The smallest absolute Gasteiger partial charge is 0.222 e. The van der Waals surface area contributed by atoms with Crippen LogP contribution in [0.2, 0.25) is 5.02 Å². The lowest BCUT2D eigenvalue weighted by Crippen LogP contribution is -2.48. The predicted molar refractivity (Wildman–Crippen MR) is 124 cm³/mol. The van der Waals surface area contributed by atoms with Gasteiger partial charge in [-0.15, -0.1) is 11.8 Å². The van der Waals surface area contributed by atoms with Crippen LogP contribution in [-0.4, -0.2) is 55.2 Å². The van der Waals surface area contributed by atoms with Crippen molar-refractivity contribution in [2.24, 2.45) is 0 Å². The van der Waals surface area contributed by atoms with Gasteiger partial charge in [0, 0.05) is 61.9 Å². The van der Waals surface area contributed by atoms with Crippen LogP contribution in [0.5, 0.6) is 0 Å². The summed E-state index contributed by atoms with van der Waals surface area (Å²) < 4.78 is 0. The fourth-order valence-corrected chi connectivity index (χ4v) is 4.57. The molecule has 0 aromatic heterocycles. The molecule has 0 atom stereocenters. The third kappa shape index (κ3) is 6.96. The number of hydrogen-bond donors (Lipinski definition) is 1. The number of nitrogens with one attached hydrogen (secondary N) is 1. The summed E-state index contributed by atoms with van der Waals surface area (Å²) in [7, 11) is 0. The van der Waals surface area contributed by atoms with Gasteiger partial charge in [0.1, 0.15) is 0 Å². The third-order valence-electron chi connectivity index (χ3n) is 5.07. The molecule has 3 rings (SSSR count). The lowest BCUT2D eigenvalue weighted by molar-refractivity contribution is -0.131. The number of rotatable bonds is 9. The first kappa shape index (κ1) is 22.5. The molecule has 1 saturated heterocycles. The molecular weight excluding hydrogens is 418 g/mol. The summed E-state index contributed by atoms with van der Waals surface area (Å²) in [5, 5.41) is 3.62. The Morgan fingerprint density at radius 3 is 2.37 bits per heavy atom. The number of carbonyl (C=O) groups is 2. The molecule has 7 heteroatoms. The Balaban J connectivity index is 1.26. The van der Waals surface area contributed by atoms with Crippen molar-refractivity contribution in [3.05, 3.63) is 59.6 Å². The summed E-state index contributed by atoms with van der Waals surface area (Å²) in [6, 6.07) is 17.9. The van der Waals surface area contributed by atoms with E-state index in [-0.39, 0.29) is 11.8 Å². The van der Waals surface area contributed by atoms with E-state index in [9.17, 15) is 9.59 Å². The maximum Gasteiger partial charge on any atom is 0.222 e. The van der Waals surface area contributed by atoms with Crippen LogP contribution in [0.3, 0.4) is 0 Å². The van der Waals surface area contributed by atoms with Gasteiger partial charge in [-0.05, 0) is 30.7 Å². The number of anilines is 1. The first-order valence-corrected chi connectivity index (χ1v) is 11.7. The molecule has 0 aliphatic carbocycles. The number of amides is 2. The number of piperazine rings is 1. The molecule has 2 amide bonds. The van der Waals surface area contributed by atoms with Crippen molar-refractivity contribution in [3.63, 3.8) is 0 Å². The summed E-state index contributed by atoms with van der Waals surface area (Å²) in [4.78, 5) is 29.6. The van der Waals surface area contributed by atoms with Crippen LogP contribution >= 0.6 is 23.4 Å². The van der Waals surface area contributed by atoms with Gasteiger partial charge in [0.15, 0.2) is 0 Å². The standard InChI is InChI=1S/C23H28ClN3O2S/c24-20-9-4-5-10-21(20)30-18-12-22(28)25-13-6-11-23(29)27-16-14-26(15-17-27)19-7-2-1-3-8-19/h1-5,7-10H,6,11-18H2,(H,25,28). The molecular formula is C23H28ClN3O2S. The van der Waals surface area contributed by atoms with Gasteiger partial charge in [-0.25, -0.2) is 0 Å². The van der Waals surface area contributed by atoms with Gasteiger partial charge >= 0.3 is 0 Å². The lowest BCUT2D eigenvalue weighted by Gasteiger charge is -2.36. The van der Waals surface area contributed by atoms with Crippen LogP contribution in [0.4, 0.5) is 5.69 Å². The van der Waals surface area contributed by atoms with Gasteiger partial charge in [0.2, 0.25) is 11.8 Å². The second kappa shape index (κ2) is 11.9. The maximum atomic E-state index is 12.4. The average Bonchev–Trinajstić information content (AvgIpc) is 2.78. The zero-order valence-electron chi connectivity index (χ0n) is 17.1. The van der Waals surface area contributed by atoms with Crippen LogP contribution in [0.25, 0.3) is 0 Å². The molecule has 2 aromatic rings. The minimum Gasteiger partial charge on any atom is -0.368 e. The van der Waals surface area contributed by atoms with Crippen LogP contribution in [0, 0.1) is 0 Å². The quantitative estimate of drug-likeness (QED) is 0.467. The number of halogens is 1. The Labute approximate surface area is 187 Å². The number of thioether (sulfide) groups is 1. The Hall–Kier alpha value is -2.18. The van der Waals surface area contributed by atoms with Crippen molar-refractivity contribution in [3.8, 4) is 0 Å². The highest BCUT2D eigenvalue weighted by Crippen LogP contribution is 2.26. The molecule has 5 nitrogen and oxygen atoms in total. The minimum absolute atomic E-state index is 0.0125. The fourth-order valence-electron chi connectivity index (χ4n) is 3.38. The summed E-state index contributed by atoms with van der Waals surface area (Å²) in [5.41, 5.74) is 1.21. The SMILES string of the molecule is O=C(CCSc1ccccc1Cl)NCCCC(=O)N1CCN(c2ccccc2)CC1. The van der Waals surface area contributed by atoms with Crippen molar-refractivity contribution in [2.75, 3.05) is 43.4 Å². The highest BCUT2D eigenvalue weighted by Gasteiger charge is 2.20. The topological polar surface area (TPSA) is 52.7 Å². The summed E-state index contributed by atoms with van der Waals surface area (Å²) in [6.07, 6.45) is 1.58. The summed E-state index contributed by atoms with van der Waals surface area (Å²) in [6.45, 7) is 3.75. The molecule has 0 saturated carbocycles. The lowest BCUT2D eigenvalue weighted by atomic mass is 10.2. The van der Waals surface area contributed by atoms with Crippen molar-refractivity contribution in [1.29, 1.82) is 0 Å². The van der Waals surface area contributed by atoms with Crippen LogP contribution < -0.4 is 10.2 Å². The van der Waals surface area contributed by atoms with Gasteiger partial charge in [-0.1, -0.05) is 41.9 Å². The van der Waals surface area contributed by atoms with Gasteiger partial charge in [-0.2, -0.15) is 0 Å². The number of para-hydroxylation sites is 1. The van der Waals surface area contributed by atoms with E-state index in [1.165, 1.54) is 5.69 Å². The predicted octanol–water partition coefficient (Wildman–Crippen LogP) is 4.07.